The van der Waals surface area contributed by atoms with Gasteiger partial charge in [0.15, 0.2) is 0 Å². The maximum absolute atomic E-state index is 12.7. The smallest absolute Gasteiger partial charge is 0.292 e. The summed E-state index contributed by atoms with van der Waals surface area (Å²) in [5, 5.41) is 23.5. The molecule has 6 nitrogen and oxygen atoms in total. The summed E-state index contributed by atoms with van der Waals surface area (Å²) in [7, 11) is 0. The maximum atomic E-state index is 12.7. The number of hydrogen-bond acceptors (Lipinski definition) is 5. The summed E-state index contributed by atoms with van der Waals surface area (Å²) in [6.07, 6.45) is -0.870. The van der Waals surface area contributed by atoms with Crippen molar-refractivity contribution in [1.29, 1.82) is 0 Å². The zero-order chi connectivity index (χ0) is 15.9. The molecule has 2 rings (SSSR count). The number of nitro benzene ring substituents is 1. The first-order valence-corrected chi connectivity index (χ1v) is 6.60. The van der Waals surface area contributed by atoms with Gasteiger partial charge in [-0.3, -0.25) is 10.1 Å². The molecule has 0 saturated carbocycles. The Hall–Kier alpha value is -2.67. The Morgan fingerprint density at radius 2 is 1.91 bits per heavy atom. The van der Waals surface area contributed by atoms with Crippen LogP contribution in [0.4, 0.5) is 15.8 Å². The van der Waals surface area contributed by atoms with Gasteiger partial charge in [0, 0.05) is 12.6 Å². The largest absolute Gasteiger partial charge is 0.491 e. The molecule has 0 aliphatic carbocycles. The fourth-order valence-corrected chi connectivity index (χ4v) is 1.79. The first-order valence-electron chi connectivity index (χ1n) is 6.60. The third-order valence-electron chi connectivity index (χ3n) is 2.88. The lowest BCUT2D eigenvalue weighted by Gasteiger charge is -2.14. The van der Waals surface area contributed by atoms with Gasteiger partial charge in [0.25, 0.3) is 5.69 Å². The van der Waals surface area contributed by atoms with Crippen LogP contribution in [0.25, 0.3) is 0 Å². The number of halogens is 1. The van der Waals surface area contributed by atoms with Crippen molar-refractivity contribution in [3.05, 3.63) is 64.5 Å². The average Bonchev–Trinajstić information content (AvgIpc) is 2.52. The molecular formula is C15H15FN2O4. The predicted octanol–water partition coefficient (Wildman–Crippen LogP) is 2.59. The highest BCUT2D eigenvalue weighted by Crippen LogP contribution is 2.22. The molecule has 0 aromatic heterocycles. The SMILES string of the molecule is O=[N+]([O-])c1ccccc1NCC(O)COc1ccc(F)cc1. The number of nitrogens with one attached hydrogen (secondary N) is 1. The molecule has 22 heavy (non-hydrogen) atoms. The quantitative estimate of drug-likeness (QED) is 0.606. The van der Waals surface area contributed by atoms with Crippen LogP contribution in [-0.4, -0.2) is 29.3 Å². The predicted molar refractivity (Wildman–Crippen MR) is 79.5 cm³/mol. The first-order chi connectivity index (χ1) is 10.6. The number of anilines is 1. The van der Waals surface area contributed by atoms with Gasteiger partial charge in [0.2, 0.25) is 0 Å². The van der Waals surface area contributed by atoms with Gasteiger partial charge >= 0.3 is 0 Å². The third kappa shape index (κ3) is 4.42. The minimum Gasteiger partial charge on any atom is -0.491 e. The lowest BCUT2D eigenvalue weighted by Crippen LogP contribution is -2.26. The minimum absolute atomic E-state index is 0.0146. The van der Waals surface area contributed by atoms with Crippen molar-refractivity contribution in [2.75, 3.05) is 18.5 Å². The van der Waals surface area contributed by atoms with Crippen molar-refractivity contribution in [3.63, 3.8) is 0 Å². The number of ether oxygens (including phenoxy) is 1. The summed E-state index contributed by atoms with van der Waals surface area (Å²) >= 11 is 0. The van der Waals surface area contributed by atoms with E-state index >= 15 is 0 Å². The number of aliphatic hydroxyl groups excluding tert-OH is 1. The van der Waals surface area contributed by atoms with Gasteiger partial charge in [-0.1, -0.05) is 12.1 Å². The van der Waals surface area contributed by atoms with Gasteiger partial charge in [-0.15, -0.1) is 0 Å². The third-order valence-corrected chi connectivity index (χ3v) is 2.88. The molecule has 0 amide bonds. The molecule has 1 unspecified atom stereocenters. The Morgan fingerprint density at radius 3 is 2.59 bits per heavy atom. The topological polar surface area (TPSA) is 84.6 Å². The molecular weight excluding hydrogens is 291 g/mol. The van der Waals surface area contributed by atoms with Crippen LogP contribution in [0.1, 0.15) is 0 Å². The van der Waals surface area contributed by atoms with E-state index in [1.807, 2.05) is 0 Å². The number of aliphatic hydroxyl groups is 1. The minimum atomic E-state index is -0.870. The van der Waals surface area contributed by atoms with Gasteiger partial charge in [-0.2, -0.15) is 0 Å². The molecule has 2 N–H and O–H groups in total. The average molecular weight is 306 g/mol. The number of rotatable bonds is 7. The highest BCUT2D eigenvalue weighted by Gasteiger charge is 2.13. The van der Waals surface area contributed by atoms with E-state index in [0.717, 1.165) is 0 Å². The van der Waals surface area contributed by atoms with Crippen molar-refractivity contribution in [3.8, 4) is 5.75 Å². The van der Waals surface area contributed by atoms with E-state index in [-0.39, 0.29) is 24.7 Å². The summed E-state index contributed by atoms with van der Waals surface area (Å²) in [6.45, 7) is 0.0747. The van der Waals surface area contributed by atoms with E-state index in [4.69, 9.17) is 4.74 Å². The van der Waals surface area contributed by atoms with Gasteiger partial charge in [0.05, 0.1) is 4.92 Å². The van der Waals surface area contributed by atoms with Gasteiger partial charge < -0.3 is 15.2 Å². The van der Waals surface area contributed by atoms with Crippen molar-refractivity contribution < 1.29 is 19.2 Å². The lowest BCUT2D eigenvalue weighted by molar-refractivity contribution is -0.384. The van der Waals surface area contributed by atoms with Crippen molar-refractivity contribution in [2.24, 2.45) is 0 Å². The Kier molecular flexibility index (Phi) is 5.26. The van der Waals surface area contributed by atoms with E-state index in [2.05, 4.69) is 5.32 Å². The fraction of sp³-hybridized carbons (Fsp3) is 0.200. The molecule has 0 fully saturated rings. The summed E-state index contributed by atoms with van der Waals surface area (Å²) in [4.78, 5) is 10.4. The van der Waals surface area contributed by atoms with Gasteiger partial charge in [-0.05, 0) is 30.3 Å². The molecule has 0 aliphatic heterocycles. The Labute approximate surface area is 126 Å². The number of benzene rings is 2. The van der Waals surface area contributed by atoms with Gasteiger partial charge in [-0.25, -0.2) is 4.39 Å². The number of nitro groups is 1. The Balaban J connectivity index is 1.84. The first kappa shape index (κ1) is 15.7. The molecule has 1 atom stereocenters. The molecule has 0 heterocycles. The number of nitrogens with zero attached hydrogens (tertiary/aromatic N) is 1. The van der Waals surface area contributed by atoms with Crippen LogP contribution in [0.3, 0.4) is 0 Å². The van der Waals surface area contributed by atoms with Crippen LogP contribution >= 0.6 is 0 Å². The zero-order valence-electron chi connectivity index (χ0n) is 11.6. The standard InChI is InChI=1S/C15H15FN2O4/c16-11-5-7-13(8-6-11)22-10-12(19)9-17-14-3-1-2-4-15(14)18(20)21/h1-8,12,17,19H,9-10H2. The van der Waals surface area contributed by atoms with E-state index in [1.165, 1.54) is 30.3 Å². The van der Waals surface area contributed by atoms with Gasteiger partial charge in [0.1, 0.15) is 30.0 Å². The highest BCUT2D eigenvalue weighted by molar-refractivity contribution is 5.61. The van der Waals surface area contributed by atoms with Crippen LogP contribution in [0, 0.1) is 15.9 Å². The second-order valence-corrected chi connectivity index (χ2v) is 4.57. The van der Waals surface area contributed by atoms with E-state index in [0.29, 0.717) is 11.4 Å². The van der Waals surface area contributed by atoms with E-state index < -0.39 is 11.0 Å². The molecule has 0 radical (unpaired) electrons. The van der Waals surface area contributed by atoms with Crippen molar-refractivity contribution in [2.45, 2.75) is 6.10 Å². The molecule has 0 aliphatic rings. The lowest BCUT2D eigenvalue weighted by atomic mass is 10.2. The summed E-state index contributed by atoms with van der Waals surface area (Å²) in [5.41, 5.74) is 0.266. The highest BCUT2D eigenvalue weighted by atomic mass is 19.1. The molecule has 0 spiro atoms. The normalized spacial score (nSPS) is 11.7. The monoisotopic (exact) mass is 306 g/mol. The molecule has 0 bridgehead atoms. The van der Waals surface area contributed by atoms with Crippen molar-refractivity contribution >= 4 is 11.4 Å². The van der Waals surface area contributed by atoms with Crippen LogP contribution in [0.15, 0.2) is 48.5 Å². The van der Waals surface area contributed by atoms with Crippen LogP contribution < -0.4 is 10.1 Å². The second-order valence-electron chi connectivity index (χ2n) is 4.57. The molecule has 0 saturated heterocycles. The molecule has 2 aromatic carbocycles. The van der Waals surface area contributed by atoms with E-state index in [9.17, 15) is 19.6 Å². The van der Waals surface area contributed by atoms with Crippen LogP contribution in [0.2, 0.25) is 0 Å². The molecule has 116 valence electrons. The van der Waals surface area contributed by atoms with E-state index in [1.54, 1.807) is 18.2 Å². The Bertz CT molecular complexity index is 634. The molecule has 2 aromatic rings. The summed E-state index contributed by atoms with van der Waals surface area (Å²) in [6, 6.07) is 11.6. The number of hydrogen-bond donors (Lipinski definition) is 2. The molecule has 7 heteroatoms. The zero-order valence-corrected chi connectivity index (χ0v) is 11.6. The second kappa shape index (κ2) is 7.37. The van der Waals surface area contributed by atoms with Crippen LogP contribution in [-0.2, 0) is 0 Å². The number of para-hydroxylation sites is 2. The Morgan fingerprint density at radius 1 is 1.23 bits per heavy atom. The summed E-state index contributed by atoms with van der Waals surface area (Å²) in [5.74, 6) is 0.0668. The maximum Gasteiger partial charge on any atom is 0.292 e. The van der Waals surface area contributed by atoms with Crippen LogP contribution in [0.5, 0.6) is 5.75 Å². The summed E-state index contributed by atoms with van der Waals surface area (Å²) < 4.78 is 18.0. The van der Waals surface area contributed by atoms with Crippen molar-refractivity contribution in [1.82, 2.24) is 0 Å². The fourth-order valence-electron chi connectivity index (χ4n) is 1.79.